The summed E-state index contributed by atoms with van der Waals surface area (Å²) in [6.07, 6.45) is 1.01. The van der Waals surface area contributed by atoms with Crippen molar-refractivity contribution in [2.45, 2.75) is 6.42 Å². The number of hydrogen-bond acceptors (Lipinski definition) is 3. The Hall–Kier alpha value is -1.38. The minimum Gasteiger partial charge on any atom is -0.337 e. The summed E-state index contributed by atoms with van der Waals surface area (Å²) in [4.78, 5) is 16.7. The smallest absolute Gasteiger partial charge is 0.253 e. The van der Waals surface area contributed by atoms with E-state index in [9.17, 15) is 4.79 Å². The highest BCUT2D eigenvalue weighted by molar-refractivity contribution is 9.09. The highest BCUT2D eigenvalue weighted by atomic mass is 79.9. The molecule has 0 bridgehead atoms. The topological polar surface area (TPSA) is 47.3 Å². The first-order valence-electron chi connectivity index (χ1n) is 6.82. The van der Waals surface area contributed by atoms with Gasteiger partial charge in [0.15, 0.2) is 0 Å². The third-order valence-corrected chi connectivity index (χ3v) is 3.89. The van der Waals surface area contributed by atoms with Crippen LogP contribution in [0.2, 0.25) is 0 Å². The van der Waals surface area contributed by atoms with Gasteiger partial charge in [-0.1, -0.05) is 15.9 Å². The second-order valence-electron chi connectivity index (χ2n) is 4.87. The molecule has 5 heteroatoms. The Morgan fingerprint density at radius 2 is 1.95 bits per heavy atom. The Kier molecular flexibility index (Phi) is 5.57. The van der Waals surface area contributed by atoms with Crippen molar-refractivity contribution < 1.29 is 4.79 Å². The van der Waals surface area contributed by atoms with Gasteiger partial charge in [0.2, 0.25) is 0 Å². The van der Waals surface area contributed by atoms with Crippen LogP contribution in [0.25, 0.3) is 0 Å². The van der Waals surface area contributed by atoms with Gasteiger partial charge in [-0.3, -0.25) is 4.79 Å². The molecule has 1 saturated heterocycles. The molecule has 0 N–H and O–H groups in total. The van der Waals surface area contributed by atoms with Crippen molar-refractivity contribution in [1.82, 2.24) is 9.80 Å². The van der Waals surface area contributed by atoms with E-state index in [4.69, 9.17) is 5.26 Å². The summed E-state index contributed by atoms with van der Waals surface area (Å²) in [6, 6.07) is 8.94. The number of amides is 1. The first-order chi connectivity index (χ1) is 9.74. The summed E-state index contributed by atoms with van der Waals surface area (Å²) < 4.78 is 0. The number of alkyl halides is 1. The second kappa shape index (κ2) is 7.41. The zero-order valence-electron chi connectivity index (χ0n) is 11.4. The maximum Gasteiger partial charge on any atom is 0.253 e. The molecule has 0 aromatic heterocycles. The number of nitrogens with zero attached hydrogens (tertiary/aromatic N) is 3. The van der Waals surface area contributed by atoms with Gasteiger partial charge in [0.25, 0.3) is 5.91 Å². The van der Waals surface area contributed by atoms with E-state index < -0.39 is 0 Å². The van der Waals surface area contributed by atoms with Crippen LogP contribution in [-0.4, -0.2) is 53.8 Å². The molecule has 0 spiro atoms. The number of hydrogen-bond donors (Lipinski definition) is 0. The summed E-state index contributed by atoms with van der Waals surface area (Å²) in [5, 5.41) is 9.75. The Labute approximate surface area is 128 Å². The predicted octanol–water partition coefficient (Wildman–Crippen LogP) is 2.10. The molecule has 4 nitrogen and oxygen atoms in total. The highest BCUT2D eigenvalue weighted by Gasteiger charge is 2.19. The molecule has 1 amide bonds. The summed E-state index contributed by atoms with van der Waals surface area (Å²) in [5.74, 6) is 0.0650. The lowest BCUT2D eigenvalue weighted by Crippen LogP contribution is -2.35. The highest BCUT2D eigenvalue weighted by Crippen LogP contribution is 2.10. The van der Waals surface area contributed by atoms with Crippen LogP contribution in [0.3, 0.4) is 0 Å². The van der Waals surface area contributed by atoms with E-state index in [1.165, 1.54) is 0 Å². The zero-order valence-corrected chi connectivity index (χ0v) is 13.0. The summed E-state index contributed by atoms with van der Waals surface area (Å²) in [7, 11) is 0. The van der Waals surface area contributed by atoms with Gasteiger partial charge in [-0.15, -0.1) is 0 Å². The molecule has 106 valence electrons. The summed E-state index contributed by atoms with van der Waals surface area (Å²) in [6.45, 7) is 4.57. The average molecular weight is 336 g/mol. The number of carbonyl (C=O) groups excluding carboxylic acids is 1. The second-order valence-corrected chi connectivity index (χ2v) is 5.66. The molecular weight excluding hydrogens is 318 g/mol. The maximum atomic E-state index is 12.4. The van der Waals surface area contributed by atoms with E-state index in [-0.39, 0.29) is 5.91 Å². The zero-order chi connectivity index (χ0) is 14.4. The van der Waals surface area contributed by atoms with Gasteiger partial charge >= 0.3 is 0 Å². The first-order valence-corrected chi connectivity index (χ1v) is 7.94. The lowest BCUT2D eigenvalue weighted by atomic mass is 10.1. The molecular formula is C15H18BrN3O. The molecule has 1 aliphatic rings. The molecule has 0 saturated carbocycles. The van der Waals surface area contributed by atoms with Crippen LogP contribution in [0, 0.1) is 11.3 Å². The largest absolute Gasteiger partial charge is 0.337 e. The summed E-state index contributed by atoms with van der Waals surface area (Å²) >= 11 is 3.46. The summed E-state index contributed by atoms with van der Waals surface area (Å²) in [5.41, 5.74) is 1.25. The van der Waals surface area contributed by atoms with Crippen molar-refractivity contribution in [3.63, 3.8) is 0 Å². The van der Waals surface area contributed by atoms with Crippen LogP contribution in [0.4, 0.5) is 0 Å². The fourth-order valence-electron chi connectivity index (χ4n) is 2.39. The number of nitriles is 1. The number of benzene rings is 1. The van der Waals surface area contributed by atoms with Crippen LogP contribution >= 0.6 is 15.9 Å². The fraction of sp³-hybridized carbons (Fsp3) is 0.467. The minimum atomic E-state index is 0.0650. The normalized spacial score (nSPS) is 16.5. The quantitative estimate of drug-likeness (QED) is 0.795. The van der Waals surface area contributed by atoms with Gasteiger partial charge in [-0.2, -0.15) is 5.26 Å². The lowest BCUT2D eigenvalue weighted by Gasteiger charge is -2.21. The fourth-order valence-corrected chi connectivity index (χ4v) is 2.89. The van der Waals surface area contributed by atoms with Gasteiger partial charge in [-0.05, 0) is 37.2 Å². The van der Waals surface area contributed by atoms with Crippen molar-refractivity contribution in [3.8, 4) is 6.07 Å². The van der Waals surface area contributed by atoms with Crippen molar-refractivity contribution in [2.24, 2.45) is 0 Å². The average Bonchev–Trinajstić information content (AvgIpc) is 2.73. The van der Waals surface area contributed by atoms with E-state index in [2.05, 4.69) is 26.9 Å². The Bertz CT molecular complexity index is 495. The van der Waals surface area contributed by atoms with Crippen LogP contribution < -0.4 is 0 Å². The third kappa shape index (κ3) is 3.81. The standard InChI is InChI=1S/C15H18BrN3O/c16-6-9-18-7-1-8-19(11-10-18)15(20)14-4-2-13(12-17)3-5-14/h2-5H,1,6-11H2. The molecule has 1 heterocycles. The predicted molar refractivity (Wildman–Crippen MR) is 81.9 cm³/mol. The molecule has 1 aliphatic heterocycles. The van der Waals surface area contributed by atoms with E-state index in [1.54, 1.807) is 24.3 Å². The Balaban J connectivity index is 1.99. The Morgan fingerprint density at radius 1 is 1.20 bits per heavy atom. The van der Waals surface area contributed by atoms with E-state index in [1.807, 2.05) is 4.90 Å². The molecule has 0 aliphatic carbocycles. The van der Waals surface area contributed by atoms with Crippen LogP contribution in [0.15, 0.2) is 24.3 Å². The number of rotatable bonds is 3. The van der Waals surface area contributed by atoms with Crippen LogP contribution in [0.1, 0.15) is 22.3 Å². The Morgan fingerprint density at radius 3 is 2.60 bits per heavy atom. The van der Waals surface area contributed by atoms with Crippen LogP contribution in [-0.2, 0) is 0 Å². The van der Waals surface area contributed by atoms with Gasteiger partial charge in [0.05, 0.1) is 11.6 Å². The molecule has 0 unspecified atom stereocenters. The van der Waals surface area contributed by atoms with E-state index >= 15 is 0 Å². The first kappa shape index (κ1) is 15.0. The minimum absolute atomic E-state index is 0.0650. The molecule has 2 rings (SSSR count). The SMILES string of the molecule is N#Cc1ccc(C(=O)N2CCCN(CCBr)CC2)cc1. The van der Waals surface area contributed by atoms with Gasteiger partial charge in [-0.25, -0.2) is 0 Å². The van der Waals surface area contributed by atoms with Gasteiger partial charge in [0.1, 0.15) is 0 Å². The molecule has 20 heavy (non-hydrogen) atoms. The van der Waals surface area contributed by atoms with Crippen molar-refractivity contribution in [2.75, 3.05) is 38.1 Å². The molecule has 1 aromatic rings. The maximum absolute atomic E-state index is 12.4. The molecule has 0 radical (unpaired) electrons. The third-order valence-electron chi connectivity index (χ3n) is 3.54. The molecule has 1 fully saturated rings. The molecule has 0 atom stereocenters. The van der Waals surface area contributed by atoms with Crippen molar-refractivity contribution in [3.05, 3.63) is 35.4 Å². The van der Waals surface area contributed by atoms with Crippen molar-refractivity contribution >= 4 is 21.8 Å². The van der Waals surface area contributed by atoms with Crippen molar-refractivity contribution in [1.29, 1.82) is 5.26 Å². The monoisotopic (exact) mass is 335 g/mol. The van der Waals surface area contributed by atoms with Gasteiger partial charge in [0, 0.05) is 37.1 Å². The number of carbonyl (C=O) groups is 1. The molecule has 1 aromatic carbocycles. The van der Waals surface area contributed by atoms with E-state index in [0.717, 1.165) is 44.5 Å². The van der Waals surface area contributed by atoms with Gasteiger partial charge < -0.3 is 9.80 Å². The van der Waals surface area contributed by atoms with E-state index in [0.29, 0.717) is 11.1 Å². The lowest BCUT2D eigenvalue weighted by molar-refractivity contribution is 0.0762. The van der Waals surface area contributed by atoms with Crippen LogP contribution in [0.5, 0.6) is 0 Å². The number of halogens is 1.